The lowest BCUT2D eigenvalue weighted by Crippen LogP contribution is -2.44. The van der Waals surface area contributed by atoms with E-state index in [9.17, 15) is 9.59 Å². The molecule has 41 heavy (non-hydrogen) atoms. The molecule has 0 N–H and O–H groups in total. The molecule has 210 valence electrons. The van der Waals surface area contributed by atoms with Crippen LogP contribution in [0.5, 0.6) is 0 Å². The van der Waals surface area contributed by atoms with Crippen molar-refractivity contribution in [3.8, 4) is 12.3 Å². The minimum atomic E-state index is -0.881. The van der Waals surface area contributed by atoms with Crippen LogP contribution >= 0.6 is 0 Å². The molecule has 2 heterocycles. The molecule has 8 heteroatoms. The molecule has 3 aromatic carbocycles. The van der Waals surface area contributed by atoms with Crippen molar-refractivity contribution in [2.24, 2.45) is 0 Å². The summed E-state index contributed by atoms with van der Waals surface area (Å²) < 4.78 is 27.5. The second kappa shape index (κ2) is 13.9. The van der Waals surface area contributed by atoms with Crippen LogP contribution in [0.4, 0.5) is 0 Å². The third kappa shape index (κ3) is 7.09. The Kier molecular flexibility index (Phi) is 9.57. The average Bonchev–Trinajstić information content (AvgIpc) is 3.35. The lowest BCUT2D eigenvalue weighted by molar-refractivity contribution is -0.0919. The van der Waals surface area contributed by atoms with Gasteiger partial charge in [0.15, 0.2) is 6.23 Å². The van der Waals surface area contributed by atoms with Gasteiger partial charge in [0, 0.05) is 12.3 Å². The van der Waals surface area contributed by atoms with Crippen LogP contribution in [0.25, 0.3) is 0 Å². The summed E-state index contributed by atoms with van der Waals surface area (Å²) >= 11 is 0. The van der Waals surface area contributed by atoms with Crippen molar-refractivity contribution >= 4 is 0 Å². The highest BCUT2D eigenvalue weighted by molar-refractivity contribution is 5.16. The Labute approximate surface area is 238 Å². The summed E-state index contributed by atoms with van der Waals surface area (Å²) in [5.74, 6) is 2.47. The van der Waals surface area contributed by atoms with Gasteiger partial charge in [-0.2, -0.15) is 0 Å². The molecule has 0 spiro atoms. The zero-order chi connectivity index (χ0) is 28.4. The maximum atomic E-state index is 13.7. The Balaban J connectivity index is 1.49. The highest BCUT2D eigenvalue weighted by Gasteiger charge is 2.48. The molecule has 1 aliphatic heterocycles. The predicted molar refractivity (Wildman–Crippen MR) is 154 cm³/mol. The number of terminal acetylenes is 1. The molecule has 0 aliphatic carbocycles. The quantitative estimate of drug-likeness (QED) is 0.197. The fourth-order valence-corrected chi connectivity index (χ4v) is 4.85. The van der Waals surface area contributed by atoms with Gasteiger partial charge in [-0.15, -0.1) is 6.42 Å². The molecule has 0 bridgehead atoms. The SMILES string of the molecule is C#CCOC[C@H]1O[C@@H](n2ccc(=O)n(Cc3ccccc3)c2=O)[C@H](OCc2ccccc2)[C@@H]1OCc1ccccc1. The first kappa shape index (κ1) is 28.3. The molecule has 0 saturated carbocycles. The summed E-state index contributed by atoms with van der Waals surface area (Å²) in [6.45, 7) is 0.953. The van der Waals surface area contributed by atoms with Crippen LogP contribution in [0.15, 0.2) is 113 Å². The van der Waals surface area contributed by atoms with E-state index < -0.39 is 35.8 Å². The number of hydrogen-bond donors (Lipinski definition) is 0. The van der Waals surface area contributed by atoms with Crippen molar-refractivity contribution < 1.29 is 18.9 Å². The van der Waals surface area contributed by atoms with Crippen LogP contribution in [-0.4, -0.2) is 40.7 Å². The maximum absolute atomic E-state index is 13.7. The number of rotatable bonds is 12. The number of nitrogens with zero attached hydrogens (tertiary/aromatic N) is 2. The van der Waals surface area contributed by atoms with Crippen LogP contribution in [0, 0.1) is 12.3 Å². The Morgan fingerprint density at radius 1 is 0.756 bits per heavy atom. The van der Waals surface area contributed by atoms with Gasteiger partial charge in [-0.1, -0.05) is 96.9 Å². The Morgan fingerprint density at radius 3 is 1.90 bits per heavy atom. The summed E-state index contributed by atoms with van der Waals surface area (Å²) in [6, 6.07) is 30.2. The van der Waals surface area contributed by atoms with Crippen molar-refractivity contribution in [2.75, 3.05) is 13.2 Å². The molecule has 0 radical (unpaired) electrons. The second-order valence-corrected chi connectivity index (χ2v) is 9.72. The minimum Gasteiger partial charge on any atom is -0.368 e. The molecule has 4 aromatic rings. The van der Waals surface area contributed by atoms with E-state index in [1.165, 1.54) is 21.4 Å². The second-order valence-electron chi connectivity index (χ2n) is 9.72. The van der Waals surface area contributed by atoms with Gasteiger partial charge in [0.25, 0.3) is 5.56 Å². The van der Waals surface area contributed by atoms with Crippen LogP contribution in [-0.2, 0) is 38.7 Å². The van der Waals surface area contributed by atoms with E-state index >= 15 is 0 Å². The smallest absolute Gasteiger partial charge is 0.333 e. The van der Waals surface area contributed by atoms with E-state index in [-0.39, 0.29) is 26.4 Å². The number of benzene rings is 3. The third-order valence-electron chi connectivity index (χ3n) is 6.88. The molecule has 0 unspecified atom stereocenters. The molecular formula is C33H32N2O6. The van der Waals surface area contributed by atoms with E-state index in [0.717, 1.165) is 16.7 Å². The summed E-state index contributed by atoms with van der Waals surface area (Å²) in [7, 11) is 0. The lowest BCUT2D eigenvalue weighted by Gasteiger charge is -2.26. The largest absolute Gasteiger partial charge is 0.368 e. The number of aromatic nitrogens is 2. The van der Waals surface area contributed by atoms with Gasteiger partial charge in [0.1, 0.15) is 24.9 Å². The van der Waals surface area contributed by atoms with Crippen molar-refractivity contribution in [3.05, 3.63) is 141 Å². The van der Waals surface area contributed by atoms with Gasteiger partial charge in [-0.3, -0.25) is 13.9 Å². The highest BCUT2D eigenvalue weighted by Crippen LogP contribution is 2.34. The van der Waals surface area contributed by atoms with E-state index in [0.29, 0.717) is 6.61 Å². The summed E-state index contributed by atoms with van der Waals surface area (Å²) in [5, 5.41) is 0. The molecule has 4 atom stereocenters. The van der Waals surface area contributed by atoms with E-state index in [1.54, 1.807) is 0 Å². The Morgan fingerprint density at radius 2 is 1.32 bits per heavy atom. The summed E-state index contributed by atoms with van der Waals surface area (Å²) in [4.78, 5) is 26.5. The van der Waals surface area contributed by atoms with Crippen LogP contribution in [0.1, 0.15) is 22.9 Å². The van der Waals surface area contributed by atoms with Crippen molar-refractivity contribution in [1.29, 1.82) is 0 Å². The third-order valence-corrected chi connectivity index (χ3v) is 6.88. The van der Waals surface area contributed by atoms with Crippen molar-refractivity contribution in [3.63, 3.8) is 0 Å². The first-order valence-corrected chi connectivity index (χ1v) is 13.5. The molecule has 5 rings (SSSR count). The van der Waals surface area contributed by atoms with Gasteiger partial charge in [0.05, 0.1) is 26.4 Å². The Bertz CT molecular complexity index is 1550. The topological polar surface area (TPSA) is 80.9 Å². The molecule has 1 aliphatic rings. The van der Waals surface area contributed by atoms with Gasteiger partial charge in [-0.25, -0.2) is 4.79 Å². The molecule has 0 amide bonds. The first-order chi connectivity index (χ1) is 20.1. The molecule has 1 saturated heterocycles. The standard InChI is InChI=1S/C33H32N2O6/c1-2-20-38-24-28-30(39-22-26-14-8-4-9-15-26)31(40-23-27-16-10-5-11-17-27)32(41-28)34-19-18-29(36)35(33(34)37)21-25-12-6-3-7-13-25/h1,3-19,28,30-32H,20-24H2/t28-,30-,31-,32-/m1/s1. The van der Waals surface area contributed by atoms with Gasteiger partial charge in [-0.05, 0) is 16.7 Å². The summed E-state index contributed by atoms with van der Waals surface area (Å²) in [6.07, 6.45) is 4.10. The molecule has 1 fully saturated rings. The average molecular weight is 553 g/mol. The van der Waals surface area contributed by atoms with Crippen LogP contribution in [0.2, 0.25) is 0 Å². The molecular weight excluding hydrogens is 520 g/mol. The predicted octanol–water partition coefficient (Wildman–Crippen LogP) is 3.78. The zero-order valence-corrected chi connectivity index (χ0v) is 22.6. The monoisotopic (exact) mass is 552 g/mol. The van der Waals surface area contributed by atoms with Crippen LogP contribution in [0.3, 0.4) is 0 Å². The summed E-state index contributed by atoms with van der Waals surface area (Å²) in [5.41, 5.74) is 1.86. The van der Waals surface area contributed by atoms with Gasteiger partial charge in [0.2, 0.25) is 0 Å². The lowest BCUT2D eigenvalue weighted by atomic mass is 10.1. The minimum absolute atomic E-state index is 0.105. The fourth-order valence-electron chi connectivity index (χ4n) is 4.85. The normalized spacial score (nSPS) is 20.1. The van der Waals surface area contributed by atoms with E-state index in [2.05, 4.69) is 5.92 Å². The van der Waals surface area contributed by atoms with Crippen molar-refractivity contribution in [1.82, 2.24) is 9.13 Å². The fraction of sp³-hybridized carbons (Fsp3) is 0.273. The maximum Gasteiger partial charge on any atom is 0.333 e. The van der Waals surface area contributed by atoms with E-state index in [1.807, 2.05) is 91.0 Å². The number of hydrogen-bond acceptors (Lipinski definition) is 6. The zero-order valence-electron chi connectivity index (χ0n) is 22.6. The number of ether oxygens (including phenoxy) is 4. The van der Waals surface area contributed by atoms with Crippen LogP contribution < -0.4 is 11.2 Å². The first-order valence-electron chi connectivity index (χ1n) is 13.5. The Hall–Kier alpha value is -4.26. The van der Waals surface area contributed by atoms with Gasteiger partial charge >= 0.3 is 5.69 Å². The van der Waals surface area contributed by atoms with Crippen molar-refractivity contribution in [2.45, 2.75) is 44.3 Å². The molecule has 8 nitrogen and oxygen atoms in total. The van der Waals surface area contributed by atoms with E-state index in [4.69, 9.17) is 25.4 Å². The molecule has 1 aromatic heterocycles. The van der Waals surface area contributed by atoms with Gasteiger partial charge < -0.3 is 18.9 Å². The highest BCUT2D eigenvalue weighted by atomic mass is 16.6.